The van der Waals surface area contributed by atoms with Gasteiger partial charge in [0.15, 0.2) is 0 Å². The Kier molecular flexibility index (Phi) is 5.83. The molecule has 2 aromatic carbocycles. The van der Waals surface area contributed by atoms with Crippen LogP contribution in [0.4, 0.5) is 26.3 Å². The minimum absolute atomic E-state index is 0.493. The van der Waals surface area contributed by atoms with Gasteiger partial charge in [0.25, 0.3) is 0 Å². The number of sulfonamides is 2. The lowest BCUT2D eigenvalue weighted by atomic mass is 10.1. The highest BCUT2D eigenvalue weighted by Gasteiger charge is 2.55. The Bertz CT molecular complexity index is 991. The van der Waals surface area contributed by atoms with Gasteiger partial charge in [-0.05, 0) is 28.7 Å². The van der Waals surface area contributed by atoms with E-state index in [2.05, 4.69) is 48.5 Å². The minimum Gasteiger partial charge on any atom is -0.202 e. The van der Waals surface area contributed by atoms with E-state index < -0.39 is 35.2 Å². The van der Waals surface area contributed by atoms with E-state index in [1.807, 2.05) is 0 Å². The van der Waals surface area contributed by atoms with Crippen LogP contribution in [0.15, 0.2) is 48.5 Å². The standard InChI is InChI=1S/C13H10.C2HF6NO4S2/c1-3-7-12-10(5-1)9-11-6-2-4-8-13(11)12;3-1(4,5)14(10,11)9-15(12,13)2(6,7)8/h1-8H,9H2;9H. The van der Waals surface area contributed by atoms with Gasteiger partial charge in [-0.1, -0.05) is 52.7 Å². The van der Waals surface area contributed by atoms with Crippen LogP contribution in [0.2, 0.25) is 0 Å². The van der Waals surface area contributed by atoms with Gasteiger partial charge in [0.05, 0.1) is 0 Å². The lowest BCUT2D eigenvalue weighted by Crippen LogP contribution is -2.45. The summed E-state index contributed by atoms with van der Waals surface area (Å²) in [6.45, 7) is 0. The molecule has 0 heterocycles. The van der Waals surface area contributed by atoms with E-state index in [1.165, 1.54) is 22.3 Å². The topological polar surface area (TPSA) is 80.3 Å². The van der Waals surface area contributed by atoms with Crippen molar-refractivity contribution in [2.24, 2.45) is 0 Å². The molecule has 1 aliphatic rings. The molecule has 0 bridgehead atoms. The third-order valence-electron chi connectivity index (χ3n) is 3.53. The Morgan fingerprint density at radius 3 is 1.29 bits per heavy atom. The molecule has 0 spiro atoms. The highest BCUT2D eigenvalue weighted by Crippen LogP contribution is 2.35. The number of nitrogens with one attached hydrogen (secondary N) is 1. The van der Waals surface area contributed by atoms with Crippen molar-refractivity contribution in [1.29, 1.82) is 0 Å². The lowest BCUT2D eigenvalue weighted by molar-refractivity contribution is -0.0476. The van der Waals surface area contributed by atoms with Gasteiger partial charge < -0.3 is 0 Å². The van der Waals surface area contributed by atoms with E-state index in [0.29, 0.717) is 0 Å². The zero-order chi connectivity index (χ0) is 21.4. The maximum absolute atomic E-state index is 11.5. The van der Waals surface area contributed by atoms with Crippen molar-refractivity contribution < 1.29 is 43.2 Å². The van der Waals surface area contributed by atoms with Gasteiger partial charge in [0, 0.05) is 0 Å². The molecule has 28 heavy (non-hydrogen) atoms. The van der Waals surface area contributed by atoms with Crippen LogP contribution in [0.25, 0.3) is 11.1 Å². The molecule has 13 heteroatoms. The predicted molar refractivity (Wildman–Crippen MR) is 87.8 cm³/mol. The van der Waals surface area contributed by atoms with Gasteiger partial charge in [-0.25, -0.2) is 16.8 Å². The summed E-state index contributed by atoms with van der Waals surface area (Å²) in [4.78, 5) is 0. The molecule has 154 valence electrons. The fraction of sp³-hybridized carbons (Fsp3) is 0.200. The van der Waals surface area contributed by atoms with Crippen LogP contribution in [-0.4, -0.2) is 27.9 Å². The van der Waals surface area contributed by atoms with Gasteiger partial charge in [-0.3, -0.25) is 0 Å². The number of alkyl halides is 6. The van der Waals surface area contributed by atoms with Crippen molar-refractivity contribution >= 4 is 20.0 Å². The normalized spacial score (nSPS) is 13.9. The average Bonchev–Trinajstić information content (AvgIpc) is 2.91. The maximum Gasteiger partial charge on any atom is 0.512 e. The molecule has 0 atom stereocenters. The third-order valence-corrected chi connectivity index (χ3v) is 6.51. The third kappa shape index (κ3) is 4.64. The molecular formula is C15H11F6NO4S2. The van der Waals surface area contributed by atoms with Crippen molar-refractivity contribution in [1.82, 2.24) is 4.13 Å². The van der Waals surface area contributed by atoms with E-state index in [1.54, 1.807) is 0 Å². The summed E-state index contributed by atoms with van der Waals surface area (Å²) in [5, 5.41) is 0. The van der Waals surface area contributed by atoms with Gasteiger partial charge >= 0.3 is 31.1 Å². The van der Waals surface area contributed by atoms with Crippen molar-refractivity contribution in [3.63, 3.8) is 0 Å². The van der Waals surface area contributed by atoms with Crippen LogP contribution >= 0.6 is 0 Å². The van der Waals surface area contributed by atoms with Crippen molar-refractivity contribution in [3.8, 4) is 11.1 Å². The summed E-state index contributed by atoms with van der Waals surface area (Å²) < 4.78 is 108. The molecule has 5 nitrogen and oxygen atoms in total. The molecule has 0 amide bonds. The molecule has 1 N–H and O–H groups in total. The average molecular weight is 447 g/mol. The Morgan fingerprint density at radius 1 is 0.643 bits per heavy atom. The number of hydrogen-bond acceptors (Lipinski definition) is 4. The fourth-order valence-corrected chi connectivity index (χ4v) is 4.23. The van der Waals surface area contributed by atoms with E-state index in [0.717, 1.165) is 6.42 Å². The van der Waals surface area contributed by atoms with Gasteiger partial charge in [0.2, 0.25) is 0 Å². The van der Waals surface area contributed by atoms with Crippen LogP contribution in [0, 0.1) is 0 Å². The van der Waals surface area contributed by atoms with Crippen molar-refractivity contribution in [2.75, 3.05) is 0 Å². The highest BCUT2D eigenvalue weighted by atomic mass is 32.3. The molecule has 0 fully saturated rings. The van der Waals surface area contributed by atoms with Crippen LogP contribution < -0.4 is 4.13 Å². The molecule has 2 aromatic rings. The molecule has 0 aliphatic heterocycles. The predicted octanol–water partition coefficient (Wildman–Crippen LogP) is 3.53. The number of fused-ring (bicyclic) bond motifs is 3. The number of halogens is 6. The minimum atomic E-state index is -6.60. The van der Waals surface area contributed by atoms with E-state index in [-0.39, 0.29) is 0 Å². The second-order valence-corrected chi connectivity index (χ2v) is 9.08. The summed E-state index contributed by atoms with van der Waals surface area (Å²) >= 11 is 0. The zero-order valence-electron chi connectivity index (χ0n) is 13.5. The molecule has 0 unspecified atom stereocenters. The fourth-order valence-electron chi connectivity index (χ4n) is 2.32. The van der Waals surface area contributed by atoms with Gasteiger partial charge in [-0.15, -0.1) is 0 Å². The smallest absolute Gasteiger partial charge is 0.202 e. The Morgan fingerprint density at radius 2 is 0.964 bits per heavy atom. The first-order valence-electron chi connectivity index (χ1n) is 7.23. The van der Waals surface area contributed by atoms with E-state index in [4.69, 9.17) is 0 Å². The van der Waals surface area contributed by atoms with Crippen LogP contribution in [0.3, 0.4) is 0 Å². The van der Waals surface area contributed by atoms with Crippen LogP contribution in [-0.2, 0) is 26.5 Å². The van der Waals surface area contributed by atoms with Gasteiger partial charge in [-0.2, -0.15) is 26.3 Å². The monoisotopic (exact) mass is 447 g/mol. The van der Waals surface area contributed by atoms with Crippen molar-refractivity contribution in [2.45, 2.75) is 17.4 Å². The van der Waals surface area contributed by atoms with E-state index >= 15 is 0 Å². The summed E-state index contributed by atoms with van der Waals surface area (Å²) in [5.74, 6) is 0. The Balaban J connectivity index is 0.000000201. The second-order valence-electron chi connectivity index (χ2n) is 5.47. The van der Waals surface area contributed by atoms with E-state index in [9.17, 15) is 43.2 Å². The highest BCUT2D eigenvalue weighted by molar-refractivity contribution is 8.05. The first-order valence-corrected chi connectivity index (χ1v) is 10.2. The maximum atomic E-state index is 11.5. The molecule has 0 saturated carbocycles. The first-order chi connectivity index (χ1) is 12.7. The van der Waals surface area contributed by atoms with Gasteiger partial charge in [0.1, 0.15) is 0 Å². The van der Waals surface area contributed by atoms with Crippen molar-refractivity contribution in [3.05, 3.63) is 59.7 Å². The zero-order valence-corrected chi connectivity index (χ0v) is 15.2. The van der Waals surface area contributed by atoms with Crippen LogP contribution in [0.5, 0.6) is 0 Å². The summed E-state index contributed by atoms with van der Waals surface area (Å²) in [5.41, 5.74) is -6.54. The van der Waals surface area contributed by atoms with Crippen LogP contribution in [0.1, 0.15) is 11.1 Å². The Hall–Kier alpha value is -2.12. The molecule has 0 radical (unpaired) electrons. The molecular weight excluding hydrogens is 436 g/mol. The first kappa shape index (κ1) is 22.2. The summed E-state index contributed by atoms with van der Waals surface area (Å²) in [7, 11) is -13.2. The summed E-state index contributed by atoms with van der Waals surface area (Å²) in [6.07, 6.45) is 1.10. The number of benzene rings is 2. The second kappa shape index (κ2) is 7.37. The molecule has 0 saturated heterocycles. The SMILES string of the molecule is O=S(=O)(NS(=O)(=O)C(F)(F)F)C(F)(F)F.c1ccc2c(c1)Cc1ccccc1-2. The Labute approximate surface area is 156 Å². The quantitative estimate of drug-likeness (QED) is 0.610. The lowest BCUT2D eigenvalue weighted by Gasteiger charge is -2.11. The molecule has 3 rings (SSSR count). The number of rotatable bonds is 2. The molecule has 0 aromatic heterocycles. The largest absolute Gasteiger partial charge is 0.512 e. The molecule has 1 aliphatic carbocycles. The summed E-state index contributed by atoms with van der Waals surface area (Å²) in [6, 6.07) is 17.3. The number of hydrogen-bond donors (Lipinski definition) is 1.